The van der Waals surface area contributed by atoms with E-state index in [1.165, 1.54) is 5.69 Å². The lowest BCUT2D eigenvalue weighted by Gasteiger charge is -2.36. The third kappa shape index (κ3) is 3.12. The van der Waals surface area contributed by atoms with E-state index in [-0.39, 0.29) is 0 Å². The molecule has 0 radical (unpaired) electrons. The summed E-state index contributed by atoms with van der Waals surface area (Å²) in [6.07, 6.45) is 1.87. The second-order valence-electron chi connectivity index (χ2n) is 4.03. The number of piperazine rings is 1. The van der Waals surface area contributed by atoms with Crippen LogP contribution in [-0.2, 0) is 6.54 Å². The Bertz CT molecular complexity index is 304. The lowest BCUT2D eigenvalue weighted by atomic mass is 10.2. The lowest BCUT2D eigenvalue weighted by molar-refractivity contribution is 0.155. The highest BCUT2D eigenvalue weighted by Crippen LogP contribution is 2.15. The summed E-state index contributed by atoms with van der Waals surface area (Å²) in [4.78, 5) is 6.83. The third-order valence-electron chi connectivity index (χ3n) is 2.74. The summed E-state index contributed by atoms with van der Waals surface area (Å²) in [7, 11) is 0. The molecule has 2 rings (SSSR count). The summed E-state index contributed by atoms with van der Waals surface area (Å²) in [6, 6.07) is 6.76. The average Bonchev–Trinajstić information content (AvgIpc) is 2.25. The predicted molar refractivity (Wildman–Crippen MR) is 69.7 cm³/mol. The van der Waals surface area contributed by atoms with Gasteiger partial charge in [-0.3, -0.25) is 9.88 Å². The van der Waals surface area contributed by atoms with Crippen molar-refractivity contribution in [1.82, 2.24) is 13.0 Å². The van der Waals surface area contributed by atoms with E-state index in [2.05, 4.69) is 54.9 Å². The van der Waals surface area contributed by atoms with Gasteiger partial charge in [0.05, 0.1) is 5.69 Å². The highest BCUT2D eigenvalue weighted by atomic mass is 127. The van der Waals surface area contributed by atoms with Crippen LogP contribution in [0.25, 0.3) is 0 Å². The van der Waals surface area contributed by atoms with Crippen LogP contribution in [0, 0.1) is 0 Å². The number of pyridine rings is 1. The highest BCUT2D eigenvalue weighted by molar-refractivity contribution is 14.1. The van der Waals surface area contributed by atoms with Gasteiger partial charge >= 0.3 is 0 Å². The van der Waals surface area contributed by atoms with Crippen molar-refractivity contribution in [1.29, 1.82) is 0 Å². The standard InChI is InChI=1S/C11H16IN3/c1-10-8-14(6-7-15(10)12)9-11-4-2-3-5-13-11/h2-5,10H,6-9H2,1H3/t10-/m1/s1. The Morgan fingerprint density at radius 3 is 3.00 bits per heavy atom. The SMILES string of the molecule is C[C@@H]1CN(Cc2ccccn2)CCN1I. The molecule has 1 aromatic rings. The zero-order valence-electron chi connectivity index (χ0n) is 8.93. The molecular weight excluding hydrogens is 301 g/mol. The van der Waals surface area contributed by atoms with Crippen LogP contribution in [0.2, 0.25) is 0 Å². The van der Waals surface area contributed by atoms with Crippen LogP contribution in [0.3, 0.4) is 0 Å². The van der Waals surface area contributed by atoms with Crippen molar-refractivity contribution in [2.45, 2.75) is 19.5 Å². The molecule has 1 saturated heterocycles. The first kappa shape index (κ1) is 11.3. The van der Waals surface area contributed by atoms with E-state index < -0.39 is 0 Å². The summed E-state index contributed by atoms with van der Waals surface area (Å²) in [5, 5.41) is 0. The third-order valence-corrected chi connectivity index (χ3v) is 4.18. The van der Waals surface area contributed by atoms with Crippen molar-refractivity contribution in [3.05, 3.63) is 30.1 Å². The zero-order chi connectivity index (χ0) is 10.7. The first-order chi connectivity index (χ1) is 7.25. The molecule has 0 spiro atoms. The molecule has 0 bridgehead atoms. The van der Waals surface area contributed by atoms with Gasteiger partial charge in [0.15, 0.2) is 0 Å². The Hall–Kier alpha value is -0.200. The molecule has 0 saturated carbocycles. The van der Waals surface area contributed by atoms with Crippen molar-refractivity contribution in [2.24, 2.45) is 0 Å². The number of rotatable bonds is 2. The summed E-state index contributed by atoms with van der Waals surface area (Å²) < 4.78 is 2.38. The van der Waals surface area contributed by atoms with Crippen LogP contribution in [0.5, 0.6) is 0 Å². The van der Waals surface area contributed by atoms with Gasteiger partial charge in [-0.25, -0.2) is 3.11 Å². The first-order valence-electron chi connectivity index (χ1n) is 5.30. The van der Waals surface area contributed by atoms with Gasteiger partial charge in [-0.1, -0.05) is 6.07 Å². The van der Waals surface area contributed by atoms with E-state index in [1.807, 2.05) is 12.3 Å². The minimum absolute atomic E-state index is 0.642. The van der Waals surface area contributed by atoms with Gasteiger partial charge < -0.3 is 0 Å². The first-order valence-corrected chi connectivity index (χ1v) is 6.27. The molecule has 4 heteroatoms. The van der Waals surface area contributed by atoms with E-state index in [1.54, 1.807) is 0 Å². The molecule has 15 heavy (non-hydrogen) atoms. The van der Waals surface area contributed by atoms with Crippen molar-refractivity contribution in [3.63, 3.8) is 0 Å². The van der Waals surface area contributed by atoms with Gasteiger partial charge in [-0.05, 0) is 19.1 Å². The van der Waals surface area contributed by atoms with Crippen LogP contribution >= 0.6 is 22.9 Å². The predicted octanol–water partition coefficient (Wildman–Crippen LogP) is 1.94. The van der Waals surface area contributed by atoms with Gasteiger partial charge in [0.25, 0.3) is 0 Å². The van der Waals surface area contributed by atoms with Crippen LogP contribution in [0.15, 0.2) is 24.4 Å². The van der Waals surface area contributed by atoms with Crippen molar-refractivity contribution in [3.8, 4) is 0 Å². The van der Waals surface area contributed by atoms with Crippen LogP contribution in [-0.4, -0.2) is 38.7 Å². The minimum atomic E-state index is 0.642. The Kier molecular flexibility index (Phi) is 3.93. The van der Waals surface area contributed by atoms with E-state index in [9.17, 15) is 0 Å². The van der Waals surface area contributed by atoms with E-state index in [0.717, 1.165) is 26.2 Å². The average molecular weight is 317 g/mol. The Morgan fingerprint density at radius 1 is 1.47 bits per heavy atom. The number of hydrogen-bond donors (Lipinski definition) is 0. The van der Waals surface area contributed by atoms with Crippen molar-refractivity contribution in [2.75, 3.05) is 19.6 Å². The second-order valence-corrected chi connectivity index (χ2v) is 5.27. The maximum absolute atomic E-state index is 4.36. The van der Waals surface area contributed by atoms with Crippen molar-refractivity contribution < 1.29 is 0 Å². The molecule has 1 fully saturated rings. The van der Waals surface area contributed by atoms with Crippen LogP contribution in [0.1, 0.15) is 12.6 Å². The van der Waals surface area contributed by atoms with Gasteiger partial charge in [-0.2, -0.15) is 0 Å². The molecule has 0 N–H and O–H groups in total. The number of nitrogens with zero attached hydrogens (tertiary/aromatic N) is 3. The quantitative estimate of drug-likeness (QED) is 0.614. The summed E-state index contributed by atoms with van der Waals surface area (Å²) in [5.74, 6) is 0. The fourth-order valence-electron chi connectivity index (χ4n) is 1.88. The molecule has 1 aliphatic rings. The molecule has 1 aromatic heterocycles. The molecule has 82 valence electrons. The number of halogens is 1. The largest absolute Gasteiger partial charge is 0.295 e. The highest BCUT2D eigenvalue weighted by Gasteiger charge is 2.21. The number of hydrogen-bond acceptors (Lipinski definition) is 3. The van der Waals surface area contributed by atoms with E-state index in [0.29, 0.717) is 6.04 Å². The Morgan fingerprint density at radius 2 is 2.33 bits per heavy atom. The zero-order valence-corrected chi connectivity index (χ0v) is 11.1. The molecule has 1 aliphatic heterocycles. The second kappa shape index (κ2) is 5.23. The summed E-state index contributed by atoms with van der Waals surface area (Å²) in [6.45, 7) is 6.69. The molecular formula is C11H16IN3. The van der Waals surface area contributed by atoms with E-state index in [4.69, 9.17) is 0 Å². The maximum atomic E-state index is 4.36. The molecule has 0 aromatic carbocycles. The topological polar surface area (TPSA) is 19.4 Å². The van der Waals surface area contributed by atoms with Gasteiger partial charge in [0.1, 0.15) is 0 Å². The van der Waals surface area contributed by atoms with Gasteiger partial charge in [-0.15, -0.1) is 0 Å². The van der Waals surface area contributed by atoms with Crippen molar-refractivity contribution >= 4 is 22.9 Å². The summed E-state index contributed by atoms with van der Waals surface area (Å²) >= 11 is 2.41. The molecule has 1 atom stereocenters. The smallest absolute Gasteiger partial charge is 0.0543 e. The fourth-order valence-corrected chi connectivity index (χ4v) is 2.27. The summed E-state index contributed by atoms with van der Waals surface area (Å²) in [5.41, 5.74) is 1.17. The normalized spacial score (nSPS) is 24.3. The molecule has 0 aliphatic carbocycles. The maximum Gasteiger partial charge on any atom is 0.0543 e. The lowest BCUT2D eigenvalue weighted by Crippen LogP contribution is -2.47. The number of aromatic nitrogens is 1. The van der Waals surface area contributed by atoms with Crippen LogP contribution < -0.4 is 0 Å². The minimum Gasteiger partial charge on any atom is -0.295 e. The monoisotopic (exact) mass is 317 g/mol. The Balaban J connectivity index is 1.91. The fraction of sp³-hybridized carbons (Fsp3) is 0.545. The Labute approximate surface area is 105 Å². The molecule has 2 heterocycles. The van der Waals surface area contributed by atoms with Gasteiger partial charge in [0, 0.05) is 61.3 Å². The van der Waals surface area contributed by atoms with Crippen LogP contribution in [0.4, 0.5) is 0 Å². The van der Waals surface area contributed by atoms with Gasteiger partial charge in [0.2, 0.25) is 0 Å². The molecule has 3 nitrogen and oxygen atoms in total. The van der Waals surface area contributed by atoms with E-state index >= 15 is 0 Å². The molecule has 0 amide bonds. The molecule has 0 unspecified atom stereocenters.